The molecule has 13 heavy (non-hydrogen) atoms. The van der Waals surface area contributed by atoms with Crippen molar-refractivity contribution in [1.29, 1.82) is 0 Å². The summed E-state index contributed by atoms with van der Waals surface area (Å²) in [5.74, 6) is 0.395. The van der Waals surface area contributed by atoms with Gasteiger partial charge in [-0.2, -0.15) is 0 Å². The Morgan fingerprint density at radius 2 is 2.00 bits per heavy atom. The minimum Gasteiger partial charge on any atom is -0.324 e. The molecule has 1 rings (SSSR count). The third-order valence-corrected chi connectivity index (χ3v) is 2.87. The Labute approximate surface area is 92.4 Å². The van der Waals surface area contributed by atoms with E-state index in [-0.39, 0.29) is 6.04 Å². The minimum atomic E-state index is 0.00463. The molecule has 0 aliphatic heterocycles. The molecule has 1 atom stereocenters. The van der Waals surface area contributed by atoms with E-state index in [1.807, 2.05) is 18.2 Å². The summed E-state index contributed by atoms with van der Waals surface area (Å²) >= 11 is 9.43. The van der Waals surface area contributed by atoms with Crippen molar-refractivity contribution in [1.82, 2.24) is 0 Å². The molecule has 1 aromatic carbocycles. The highest BCUT2D eigenvalue weighted by Gasteiger charge is 2.13. The van der Waals surface area contributed by atoms with Gasteiger partial charge in [0.15, 0.2) is 0 Å². The van der Waals surface area contributed by atoms with Crippen molar-refractivity contribution in [2.45, 2.75) is 19.9 Å². The van der Waals surface area contributed by atoms with Crippen molar-refractivity contribution < 1.29 is 0 Å². The van der Waals surface area contributed by atoms with Gasteiger partial charge >= 0.3 is 0 Å². The van der Waals surface area contributed by atoms with E-state index in [4.69, 9.17) is 17.3 Å². The molecular formula is C10H13BrClN. The van der Waals surface area contributed by atoms with Crippen molar-refractivity contribution in [3.05, 3.63) is 33.3 Å². The second-order valence-corrected chi connectivity index (χ2v) is 4.76. The maximum Gasteiger partial charge on any atom is 0.0454 e. The summed E-state index contributed by atoms with van der Waals surface area (Å²) in [6.07, 6.45) is 0. The van der Waals surface area contributed by atoms with Crippen LogP contribution in [0.4, 0.5) is 0 Å². The Morgan fingerprint density at radius 1 is 1.38 bits per heavy atom. The minimum absolute atomic E-state index is 0.00463. The zero-order valence-electron chi connectivity index (χ0n) is 7.72. The smallest absolute Gasteiger partial charge is 0.0454 e. The molecule has 0 radical (unpaired) electrons. The average molecular weight is 263 g/mol. The van der Waals surface area contributed by atoms with Crippen molar-refractivity contribution in [2.75, 3.05) is 0 Å². The fourth-order valence-corrected chi connectivity index (χ4v) is 1.75. The van der Waals surface area contributed by atoms with Gasteiger partial charge in [0.1, 0.15) is 0 Å². The van der Waals surface area contributed by atoms with Gasteiger partial charge in [-0.1, -0.05) is 41.4 Å². The Bertz CT molecular complexity index is 299. The van der Waals surface area contributed by atoms with Crippen LogP contribution in [-0.2, 0) is 0 Å². The van der Waals surface area contributed by atoms with Crippen LogP contribution in [0.25, 0.3) is 0 Å². The Balaban J connectivity index is 3.05. The molecule has 1 aromatic rings. The summed E-state index contributed by atoms with van der Waals surface area (Å²) in [5.41, 5.74) is 7.01. The molecule has 0 fully saturated rings. The van der Waals surface area contributed by atoms with Gasteiger partial charge in [0.2, 0.25) is 0 Å². The van der Waals surface area contributed by atoms with E-state index in [9.17, 15) is 0 Å². The van der Waals surface area contributed by atoms with Gasteiger partial charge in [-0.25, -0.2) is 0 Å². The normalized spacial score (nSPS) is 13.4. The Kier molecular flexibility index (Phi) is 3.77. The fraction of sp³-hybridized carbons (Fsp3) is 0.400. The molecule has 0 spiro atoms. The van der Waals surface area contributed by atoms with Crippen LogP contribution in [0.1, 0.15) is 25.5 Å². The molecule has 0 saturated carbocycles. The number of hydrogen-bond acceptors (Lipinski definition) is 1. The summed E-state index contributed by atoms with van der Waals surface area (Å²) < 4.78 is 1.02. The van der Waals surface area contributed by atoms with Crippen molar-refractivity contribution in [2.24, 2.45) is 11.7 Å². The molecule has 2 N–H and O–H groups in total. The second kappa shape index (κ2) is 4.45. The molecule has 0 saturated heterocycles. The highest BCUT2D eigenvalue weighted by atomic mass is 79.9. The monoisotopic (exact) mass is 261 g/mol. The largest absolute Gasteiger partial charge is 0.324 e. The van der Waals surface area contributed by atoms with Crippen LogP contribution in [0.15, 0.2) is 22.7 Å². The molecule has 72 valence electrons. The van der Waals surface area contributed by atoms with E-state index in [1.54, 1.807) is 0 Å². The lowest BCUT2D eigenvalue weighted by Crippen LogP contribution is -2.17. The van der Waals surface area contributed by atoms with E-state index >= 15 is 0 Å². The maximum atomic E-state index is 6.03. The molecule has 1 unspecified atom stereocenters. The fourth-order valence-electron chi connectivity index (χ4n) is 1.13. The first-order valence-corrected chi connectivity index (χ1v) is 5.40. The third-order valence-electron chi connectivity index (χ3n) is 2.04. The van der Waals surface area contributed by atoms with Crippen LogP contribution in [-0.4, -0.2) is 0 Å². The lowest BCUT2D eigenvalue weighted by atomic mass is 9.97. The molecule has 0 aliphatic rings. The number of benzene rings is 1. The van der Waals surface area contributed by atoms with Crippen LogP contribution in [0.2, 0.25) is 5.02 Å². The highest BCUT2D eigenvalue weighted by molar-refractivity contribution is 9.10. The zero-order chi connectivity index (χ0) is 10.0. The van der Waals surface area contributed by atoms with Gasteiger partial charge in [0.25, 0.3) is 0 Å². The molecule has 0 amide bonds. The van der Waals surface area contributed by atoms with Gasteiger partial charge in [-0.3, -0.25) is 0 Å². The van der Waals surface area contributed by atoms with Gasteiger partial charge in [-0.05, 0) is 29.7 Å². The van der Waals surface area contributed by atoms with Gasteiger partial charge in [0.05, 0.1) is 0 Å². The molecule has 0 heterocycles. The van der Waals surface area contributed by atoms with Gasteiger partial charge in [0, 0.05) is 15.5 Å². The molecule has 3 heteroatoms. The quantitative estimate of drug-likeness (QED) is 0.863. The van der Waals surface area contributed by atoms with Crippen molar-refractivity contribution in [3.63, 3.8) is 0 Å². The first-order valence-electron chi connectivity index (χ1n) is 4.23. The Morgan fingerprint density at radius 3 is 2.54 bits per heavy atom. The summed E-state index contributed by atoms with van der Waals surface area (Å²) in [7, 11) is 0. The predicted molar refractivity (Wildman–Crippen MR) is 60.9 cm³/mol. The van der Waals surface area contributed by atoms with Crippen LogP contribution in [0, 0.1) is 5.92 Å². The zero-order valence-corrected chi connectivity index (χ0v) is 10.1. The van der Waals surface area contributed by atoms with E-state index in [0.717, 1.165) is 15.1 Å². The second-order valence-electron chi connectivity index (χ2n) is 3.44. The van der Waals surface area contributed by atoms with Crippen LogP contribution >= 0.6 is 27.5 Å². The van der Waals surface area contributed by atoms with E-state index in [2.05, 4.69) is 29.8 Å². The van der Waals surface area contributed by atoms with Crippen LogP contribution in [0.5, 0.6) is 0 Å². The molecule has 0 bridgehead atoms. The molecule has 0 aliphatic carbocycles. The summed E-state index contributed by atoms with van der Waals surface area (Å²) in [6.45, 7) is 4.17. The standard InChI is InChI=1S/C10H13BrClN/c1-6(2)10(13)8-5-7(11)3-4-9(8)12/h3-6,10H,13H2,1-2H3. The molecule has 0 aromatic heterocycles. The topological polar surface area (TPSA) is 26.0 Å². The average Bonchev–Trinajstić information content (AvgIpc) is 2.08. The van der Waals surface area contributed by atoms with Gasteiger partial charge in [-0.15, -0.1) is 0 Å². The van der Waals surface area contributed by atoms with E-state index < -0.39 is 0 Å². The van der Waals surface area contributed by atoms with Gasteiger partial charge < -0.3 is 5.73 Å². The number of halogens is 2. The molecule has 1 nitrogen and oxygen atoms in total. The third kappa shape index (κ3) is 2.70. The highest BCUT2D eigenvalue weighted by Crippen LogP contribution is 2.28. The first-order chi connectivity index (χ1) is 6.02. The number of hydrogen-bond donors (Lipinski definition) is 1. The predicted octanol–water partition coefficient (Wildman–Crippen LogP) is 3.76. The van der Waals surface area contributed by atoms with Crippen molar-refractivity contribution >= 4 is 27.5 Å². The lowest BCUT2D eigenvalue weighted by Gasteiger charge is -2.17. The van der Waals surface area contributed by atoms with Crippen molar-refractivity contribution in [3.8, 4) is 0 Å². The summed E-state index contributed by atoms with van der Waals surface area (Å²) in [5, 5.41) is 0.740. The maximum absolute atomic E-state index is 6.03. The number of nitrogens with two attached hydrogens (primary N) is 1. The summed E-state index contributed by atoms with van der Waals surface area (Å²) in [4.78, 5) is 0. The SMILES string of the molecule is CC(C)C(N)c1cc(Br)ccc1Cl. The van der Waals surface area contributed by atoms with E-state index in [1.165, 1.54) is 0 Å². The van der Waals surface area contributed by atoms with Crippen LogP contribution < -0.4 is 5.73 Å². The van der Waals surface area contributed by atoms with Crippen LogP contribution in [0.3, 0.4) is 0 Å². The lowest BCUT2D eigenvalue weighted by molar-refractivity contribution is 0.514. The number of rotatable bonds is 2. The Hall–Kier alpha value is -0.0500. The van der Waals surface area contributed by atoms with E-state index in [0.29, 0.717) is 5.92 Å². The molecular weight excluding hydrogens is 249 g/mol. The summed E-state index contributed by atoms with van der Waals surface area (Å²) in [6, 6.07) is 5.76. The first kappa shape index (κ1) is 11.0.